The molecule has 2 fully saturated rings. The maximum absolute atomic E-state index is 15.0. The van der Waals surface area contributed by atoms with Crippen molar-refractivity contribution >= 4 is 25.6 Å². The van der Waals surface area contributed by atoms with Crippen LogP contribution >= 0.6 is 0 Å². The van der Waals surface area contributed by atoms with Crippen molar-refractivity contribution in [2.24, 2.45) is 0 Å². The monoisotopic (exact) mass is 675 g/mol. The van der Waals surface area contributed by atoms with Crippen LogP contribution in [0.1, 0.15) is 42.4 Å². The molecular formula is C27H25F8NO6S2. The standard InChI is InChI=1S/C27H25F8NO6S2/c28-18-3-5-19(6-4-18)44(41,42)24-9-12-36(22(37)23(38)10-13-43(39,40)14-11-23)21(24)8-1-16-15-17(2-7-20(16)24)25(29,26(30,31)32)27(33,34)35/h2-7,15,21,38H,1,8-14H2/t21-,24-/m0/s1. The summed E-state index contributed by atoms with van der Waals surface area (Å²) in [7, 11) is -8.24. The highest BCUT2D eigenvalue weighted by Gasteiger charge is 2.74. The maximum Gasteiger partial charge on any atom is 0.435 e. The van der Waals surface area contributed by atoms with Gasteiger partial charge in [0, 0.05) is 12.1 Å². The van der Waals surface area contributed by atoms with Crippen molar-refractivity contribution in [3.05, 3.63) is 65.0 Å². The fourth-order valence-electron chi connectivity index (χ4n) is 6.65. The Bertz CT molecular complexity index is 1680. The number of hydrogen-bond acceptors (Lipinski definition) is 6. The zero-order valence-electron chi connectivity index (χ0n) is 22.6. The van der Waals surface area contributed by atoms with Crippen LogP contribution in [0.15, 0.2) is 47.4 Å². The highest BCUT2D eigenvalue weighted by molar-refractivity contribution is 7.92. The molecule has 0 unspecified atom stereocenters. The number of aliphatic hydroxyl groups is 1. The summed E-state index contributed by atoms with van der Waals surface area (Å²) in [6, 6.07) is 3.42. The van der Waals surface area contributed by atoms with Crippen molar-refractivity contribution in [3.63, 3.8) is 0 Å². The molecule has 1 amide bonds. The van der Waals surface area contributed by atoms with Crippen LogP contribution in [0.2, 0.25) is 0 Å². The minimum absolute atomic E-state index is 0.216. The summed E-state index contributed by atoms with van der Waals surface area (Å²) in [5.41, 5.74) is -10.3. The molecule has 0 saturated carbocycles. The smallest absolute Gasteiger partial charge is 0.380 e. The van der Waals surface area contributed by atoms with Gasteiger partial charge in [-0.3, -0.25) is 4.79 Å². The molecule has 2 aromatic carbocycles. The number of carbonyl (C=O) groups is 1. The van der Waals surface area contributed by atoms with Gasteiger partial charge in [-0.05, 0) is 67.5 Å². The van der Waals surface area contributed by atoms with Gasteiger partial charge in [0.2, 0.25) is 0 Å². The van der Waals surface area contributed by atoms with E-state index in [-0.39, 0.29) is 36.6 Å². The van der Waals surface area contributed by atoms with Gasteiger partial charge in [0.25, 0.3) is 5.91 Å². The van der Waals surface area contributed by atoms with Crippen LogP contribution in [0.25, 0.3) is 0 Å². The van der Waals surface area contributed by atoms with Crippen molar-refractivity contribution in [2.75, 3.05) is 18.1 Å². The lowest BCUT2D eigenvalue weighted by molar-refractivity contribution is -0.348. The molecule has 2 heterocycles. The summed E-state index contributed by atoms with van der Waals surface area (Å²) in [5.74, 6) is -2.79. The van der Waals surface area contributed by atoms with Crippen LogP contribution in [-0.4, -0.2) is 74.8 Å². The van der Waals surface area contributed by atoms with Gasteiger partial charge < -0.3 is 10.0 Å². The Hall–Kier alpha value is -2.79. The minimum Gasteiger partial charge on any atom is -0.380 e. The van der Waals surface area contributed by atoms with Crippen molar-refractivity contribution in [1.29, 1.82) is 0 Å². The molecule has 2 aliphatic heterocycles. The molecule has 2 aromatic rings. The zero-order valence-corrected chi connectivity index (χ0v) is 24.2. The molecule has 7 nitrogen and oxygen atoms in total. The Morgan fingerprint density at radius 3 is 2.02 bits per heavy atom. The number of carbonyl (C=O) groups excluding carboxylic acids is 1. The lowest BCUT2D eigenvalue weighted by Crippen LogP contribution is -2.58. The summed E-state index contributed by atoms with van der Waals surface area (Å²) in [6.07, 6.45) is -14.9. The summed E-state index contributed by atoms with van der Waals surface area (Å²) in [4.78, 5) is 14.3. The first-order valence-electron chi connectivity index (χ1n) is 13.3. The average molecular weight is 676 g/mol. The van der Waals surface area contributed by atoms with E-state index in [0.29, 0.717) is 12.1 Å². The van der Waals surface area contributed by atoms with Crippen LogP contribution in [-0.2, 0) is 41.3 Å². The number of fused-ring (bicyclic) bond motifs is 3. The predicted molar refractivity (Wildman–Crippen MR) is 138 cm³/mol. The predicted octanol–water partition coefficient (Wildman–Crippen LogP) is 4.27. The second-order valence-electron chi connectivity index (χ2n) is 11.4. The fourth-order valence-corrected chi connectivity index (χ4v) is 10.5. The third-order valence-corrected chi connectivity index (χ3v) is 13.2. The first-order chi connectivity index (χ1) is 20.1. The summed E-state index contributed by atoms with van der Waals surface area (Å²) in [5, 5.41) is 11.1. The van der Waals surface area contributed by atoms with E-state index in [9.17, 15) is 61.9 Å². The third kappa shape index (κ3) is 4.71. The molecule has 0 aromatic heterocycles. The van der Waals surface area contributed by atoms with Crippen molar-refractivity contribution in [2.45, 2.75) is 71.4 Å². The second kappa shape index (κ2) is 10.1. The van der Waals surface area contributed by atoms with Crippen LogP contribution in [0, 0.1) is 5.82 Å². The third-order valence-electron chi connectivity index (χ3n) is 8.98. The number of alkyl halides is 7. The summed E-state index contributed by atoms with van der Waals surface area (Å²) in [6.45, 7) is -0.335. The number of aryl methyl sites for hydroxylation is 1. The van der Waals surface area contributed by atoms with Gasteiger partial charge in [-0.15, -0.1) is 0 Å². The van der Waals surface area contributed by atoms with E-state index in [1.54, 1.807) is 0 Å². The quantitative estimate of drug-likeness (QED) is 0.383. The van der Waals surface area contributed by atoms with Gasteiger partial charge in [0.1, 0.15) is 16.2 Å². The number of likely N-dealkylation sites (tertiary alicyclic amines) is 1. The van der Waals surface area contributed by atoms with Gasteiger partial charge in [0.15, 0.2) is 19.7 Å². The molecule has 0 bridgehead atoms. The van der Waals surface area contributed by atoms with Gasteiger partial charge in [-0.1, -0.05) is 18.2 Å². The van der Waals surface area contributed by atoms with E-state index in [0.717, 1.165) is 29.2 Å². The van der Waals surface area contributed by atoms with Gasteiger partial charge in [-0.25, -0.2) is 25.6 Å². The molecule has 0 radical (unpaired) electrons. The normalized spacial score (nSPS) is 25.3. The summed E-state index contributed by atoms with van der Waals surface area (Å²) < 4.78 is 160. The Morgan fingerprint density at radius 1 is 0.909 bits per heavy atom. The van der Waals surface area contributed by atoms with E-state index in [4.69, 9.17) is 0 Å². The van der Waals surface area contributed by atoms with Crippen LogP contribution < -0.4 is 0 Å². The largest absolute Gasteiger partial charge is 0.435 e. The molecule has 1 aliphatic carbocycles. The van der Waals surface area contributed by atoms with E-state index in [2.05, 4.69) is 0 Å². The van der Waals surface area contributed by atoms with Crippen molar-refractivity contribution in [3.8, 4) is 0 Å². The molecule has 44 heavy (non-hydrogen) atoms. The molecule has 3 aliphatic rings. The molecule has 0 spiro atoms. The average Bonchev–Trinajstić information content (AvgIpc) is 3.34. The van der Waals surface area contributed by atoms with Crippen LogP contribution in [0.4, 0.5) is 35.1 Å². The second-order valence-corrected chi connectivity index (χ2v) is 15.9. The van der Waals surface area contributed by atoms with Crippen molar-refractivity contribution in [1.82, 2.24) is 4.90 Å². The van der Waals surface area contributed by atoms with Gasteiger partial charge in [0.05, 0.1) is 22.4 Å². The SMILES string of the molecule is O=C(N1CC[C@]2(S(=O)(=O)c3ccc(F)cc3)c3ccc(C(F)(C(F)(F)F)C(F)(F)F)cc3CC[C@H]12)C1(O)CCS(=O)(=O)CC1. The highest BCUT2D eigenvalue weighted by Crippen LogP contribution is 2.57. The number of sulfone groups is 2. The maximum atomic E-state index is 15.0. The first-order valence-corrected chi connectivity index (χ1v) is 16.6. The zero-order chi connectivity index (χ0) is 32.7. The Labute approximate surface area is 246 Å². The minimum atomic E-state index is -6.41. The number of hydrogen-bond donors (Lipinski definition) is 1. The molecule has 17 heteroatoms. The topological polar surface area (TPSA) is 109 Å². The van der Waals surface area contributed by atoms with E-state index in [1.165, 1.54) is 0 Å². The van der Waals surface area contributed by atoms with Gasteiger partial charge in [-0.2, -0.15) is 26.3 Å². The van der Waals surface area contributed by atoms with Crippen LogP contribution in [0.3, 0.4) is 0 Å². The molecule has 5 rings (SSSR count). The summed E-state index contributed by atoms with van der Waals surface area (Å²) >= 11 is 0. The number of halogens is 8. The van der Waals surface area contributed by atoms with E-state index in [1.807, 2.05) is 0 Å². The Kier molecular flexibility index (Phi) is 7.49. The first kappa shape index (κ1) is 32.6. The highest BCUT2D eigenvalue weighted by atomic mass is 32.2. The van der Waals surface area contributed by atoms with Crippen molar-refractivity contribution < 1.29 is 61.9 Å². The molecule has 2 saturated heterocycles. The number of nitrogens with zero attached hydrogens (tertiary/aromatic N) is 1. The molecule has 2 atom stereocenters. The van der Waals surface area contributed by atoms with E-state index >= 15 is 0 Å². The molecule has 242 valence electrons. The number of amides is 1. The fraction of sp³-hybridized carbons (Fsp3) is 0.519. The van der Waals surface area contributed by atoms with Crippen LogP contribution in [0.5, 0.6) is 0 Å². The lowest BCUT2D eigenvalue weighted by Gasteiger charge is -2.44. The Morgan fingerprint density at radius 2 is 1.48 bits per heavy atom. The Balaban J connectivity index is 1.67. The molecule has 1 N–H and O–H groups in total. The van der Waals surface area contributed by atoms with E-state index < -0.39 is 107 Å². The lowest BCUT2D eigenvalue weighted by atomic mass is 9.76. The number of benzene rings is 2. The number of rotatable bonds is 4. The molecular weight excluding hydrogens is 650 g/mol. The van der Waals surface area contributed by atoms with Gasteiger partial charge >= 0.3 is 18.0 Å².